The van der Waals surface area contributed by atoms with Gasteiger partial charge in [0.15, 0.2) is 0 Å². The molecule has 0 unspecified atom stereocenters. The average Bonchev–Trinajstić information content (AvgIpc) is 2.62. The van der Waals surface area contributed by atoms with Crippen molar-refractivity contribution in [1.82, 2.24) is 20.2 Å². The van der Waals surface area contributed by atoms with Crippen LogP contribution in [0.25, 0.3) is 0 Å². The molecule has 1 saturated heterocycles. The molecular weight excluding hydrogens is 322 g/mol. The van der Waals surface area contributed by atoms with E-state index in [-0.39, 0.29) is 12.0 Å². The number of carbonyl (C=O) groups excluding carboxylic acids is 2. The van der Waals surface area contributed by atoms with E-state index in [1.54, 1.807) is 24.2 Å². The maximum absolute atomic E-state index is 12.0. The van der Waals surface area contributed by atoms with Crippen molar-refractivity contribution in [1.29, 1.82) is 0 Å². The molecule has 8 nitrogen and oxygen atoms in total. The van der Waals surface area contributed by atoms with Crippen molar-refractivity contribution >= 4 is 17.9 Å². The fourth-order valence-corrected chi connectivity index (χ4v) is 2.48. The number of amides is 2. The fourth-order valence-electron chi connectivity index (χ4n) is 2.48. The van der Waals surface area contributed by atoms with Gasteiger partial charge in [0.25, 0.3) is 5.91 Å². The molecule has 2 heterocycles. The van der Waals surface area contributed by atoms with Gasteiger partial charge in [-0.3, -0.25) is 4.79 Å². The fraction of sp³-hybridized carbons (Fsp3) is 0.647. The molecule has 1 N–H and O–H groups in total. The minimum absolute atomic E-state index is 0.153. The lowest BCUT2D eigenvalue weighted by atomic mass is 10.1. The highest BCUT2D eigenvalue weighted by Gasteiger charge is 2.23. The molecule has 0 spiro atoms. The summed E-state index contributed by atoms with van der Waals surface area (Å²) in [4.78, 5) is 36.0. The number of rotatable bonds is 6. The molecule has 0 aliphatic carbocycles. The Labute approximate surface area is 148 Å². The number of hydrogen-bond donors (Lipinski definition) is 1. The van der Waals surface area contributed by atoms with Gasteiger partial charge in [0.1, 0.15) is 0 Å². The zero-order chi connectivity index (χ0) is 18.2. The number of ether oxygens (including phenoxy) is 1. The summed E-state index contributed by atoms with van der Waals surface area (Å²) in [5.74, 6) is 0.966. The van der Waals surface area contributed by atoms with E-state index in [0.29, 0.717) is 56.8 Å². The van der Waals surface area contributed by atoms with Crippen LogP contribution in [0.3, 0.4) is 0 Å². The molecule has 0 radical (unpaired) electrons. The quantitative estimate of drug-likeness (QED) is 0.838. The topological polar surface area (TPSA) is 87.7 Å². The Morgan fingerprint density at radius 1 is 1.20 bits per heavy atom. The van der Waals surface area contributed by atoms with Crippen molar-refractivity contribution in [2.75, 3.05) is 44.2 Å². The Balaban J connectivity index is 1.84. The van der Waals surface area contributed by atoms with Gasteiger partial charge in [0, 0.05) is 45.1 Å². The molecule has 1 aromatic rings. The van der Waals surface area contributed by atoms with Crippen LogP contribution in [0.5, 0.6) is 0 Å². The van der Waals surface area contributed by atoms with Gasteiger partial charge in [-0.2, -0.15) is 0 Å². The van der Waals surface area contributed by atoms with E-state index in [0.717, 1.165) is 6.42 Å². The third kappa shape index (κ3) is 5.58. The molecule has 0 bridgehead atoms. The third-order valence-electron chi connectivity index (χ3n) is 4.00. The van der Waals surface area contributed by atoms with E-state index >= 15 is 0 Å². The maximum Gasteiger partial charge on any atom is 0.409 e. The van der Waals surface area contributed by atoms with E-state index in [1.807, 2.05) is 4.90 Å². The van der Waals surface area contributed by atoms with Gasteiger partial charge in [-0.1, -0.05) is 13.8 Å². The summed E-state index contributed by atoms with van der Waals surface area (Å²) in [6.07, 6.45) is 3.75. The average molecular weight is 349 g/mol. The van der Waals surface area contributed by atoms with Crippen molar-refractivity contribution < 1.29 is 14.3 Å². The number of carbonyl (C=O) groups is 2. The highest BCUT2D eigenvalue weighted by Crippen LogP contribution is 2.11. The minimum Gasteiger partial charge on any atom is -0.450 e. The number of piperazine rings is 1. The second-order valence-electron chi connectivity index (χ2n) is 6.38. The molecule has 0 atom stereocenters. The van der Waals surface area contributed by atoms with Crippen LogP contribution in [0, 0.1) is 5.92 Å². The normalized spacial score (nSPS) is 14.6. The van der Waals surface area contributed by atoms with Crippen LogP contribution in [0.15, 0.2) is 12.4 Å². The molecule has 0 aromatic carbocycles. The lowest BCUT2D eigenvalue weighted by Gasteiger charge is -2.33. The second kappa shape index (κ2) is 9.19. The highest BCUT2D eigenvalue weighted by atomic mass is 16.6. The van der Waals surface area contributed by atoms with Gasteiger partial charge < -0.3 is 19.9 Å². The standard InChI is InChI=1S/C17H27N5O3/c1-4-25-17(24)22-9-7-21(8-10-22)16-19-11-14(12-20-16)15(23)18-6-5-13(2)3/h11-13H,4-10H2,1-3H3,(H,18,23). The SMILES string of the molecule is CCOC(=O)N1CCN(c2ncc(C(=O)NCCC(C)C)cn2)CC1. The first kappa shape index (κ1) is 19.0. The summed E-state index contributed by atoms with van der Waals surface area (Å²) in [6, 6.07) is 0. The first-order valence-corrected chi connectivity index (χ1v) is 8.78. The molecular formula is C17H27N5O3. The third-order valence-corrected chi connectivity index (χ3v) is 4.00. The summed E-state index contributed by atoms with van der Waals surface area (Å²) in [5, 5.41) is 2.87. The molecule has 25 heavy (non-hydrogen) atoms. The van der Waals surface area contributed by atoms with Crippen molar-refractivity contribution in [2.24, 2.45) is 5.92 Å². The first-order valence-electron chi connectivity index (χ1n) is 8.78. The number of anilines is 1. The summed E-state index contributed by atoms with van der Waals surface area (Å²) in [7, 11) is 0. The Bertz CT molecular complexity index is 568. The Morgan fingerprint density at radius 2 is 1.84 bits per heavy atom. The molecule has 1 fully saturated rings. The molecule has 0 saturated carbocycles. The van der Waals surface area contributed by atoms with E-state index in [2.05, 4.69) is 29.1 Å². The van der Waals surface area contributed by atoms with Crippen LogP contribution in [0.1, 0.15) is 37.6 Å². The number of nitrogens with zero attached hydrogens (tertiary/aromatic N) is 4. The van der Waals surface area contributed by atoms with Gasteiger partial charge in [0.2, 0.25) is 5.95 Å². The summed E-state index contributed by atoms with van der Waals surface area (Å²) in [5.41, 5.74) is 0.456. The van der Waals surface area contributed by atoms with Gasteiger partial charge in [-0.05, 0) is 19.3 Å². The summed E-state index contributed by atoms with van der Waals surface area (Å²) in [6.45, 7) is 9.47. The molecule has 1 aliphatic rings. The Hall–Kier alpha value is -2.38. The monoisotopic (exact) mass is 349 g/mol. The largest absolute Gasteiger partial charge is 0.450 e. The van der Waals surface area contributed by atoms with Crippen LogP contribution in [0.4, 0.5) is 10.7 Å². The van der Waals surface area contributed by atoms with Crippen molar-refractivity contribution in [3.63, 3.8) is 0 Å². The second-order valence-corrected chi connectivity index (χ2v) is 6.38. The van der Waals surface area contributed by atoms with E-state index in [1.165, 1.54) is 0 Å². The summed E-state index contributed by atoms with van der Waals surface area (Å²) >= 11 is 0. The van der Waals surface area contributed by atoms with Crippen molar-refractivity contribution in [3.05, 3.63) is 18.0 Å². The lowest BCUT2D eigenvalue weighted by molar-refractivity contribution is 0.0950. The number of nitrogens with one attached hydrogen (secondary N) is 1. The van der Waals surface area contributed by atoms with Crippen LogP contribution in [0.2, 0.25) is 0 Å². The molecule has 2 rings (SSSR count). The van der Waals surface area contributed by atoms with E-state index in [4.69, 9.17) is 4.74 Å². The number of aromatic nitrogens is 2. The smallest absolute Gasteiger partial charge is 0.409 e. The molecule has 1 aliphatic heterocycles. The molecule has 138 valence electrons. The van der Waals surface area contributed by atoms with E-state index in [9.17, 15) is 9.59 Å². The van der Waals surface area contributed by atoms with Gasteiger partial charge in [-0.15, -0.1) is 0 Å². The van der Waals surface area contributed by atoms with Gasteiger partial charge in [-0.25, -0.2) is 14.8 Å². The zero-order valence-corrected chi connectivity index (χ0v) is 15.2. The number of hydrogen-bond acceptors (Lipinski definition) is 6. The van der Waals surface area contributed by atoms with Gasteiger partial charge >= 0.3 is 6.09 Å². The first-order chi connectivity index (χ1) is 12.0. The molecule has 8 heteroatoms. The lowest BCUT2D eigenvalue weighted by Crippen LogP contribution is -2.49. The predicted octanol–water partition coefficient (Wildman–Crippen LogP) is 1.53. The van der Waals surface area contributed by atoms with Crippen molar-refractivity contribution in [3.8, 4) is 0 Å². The predicted molar refractivity (Wildman–Crippen MR) is 94.6 cm³/mol. The van der Waals surface area contributed by atoms with Gasteiger partial charge in [0.05, 0.1) is 12.2 Å². The highest BCUT2D eigenvalue weighted by molar-refractivity contribution is 5.93. The van der Waals surface area contributed by atoms with Crippen LogP contribution in [-0.2, 0) is 4.74 Å². The molecule has 2 amide bonds. The van der Waals surface area contributed by atoms with Crippen LogP contribution < -0.4 is 10.2 Å². The zero-order valence-electron chi connectivity index (χ0n) is 15.2. The summed E-state index contributed by atoms with van der Waals surface area (Å²) < 4.78 is 5.00. The molecule has 1 aromatic heterocycles. The van der Waals surface area contributed by atoms with E-state index < -0.39 is 0 Å². The maximum atomic E-state index is 12.0. The van der Waals surface area contributed by atoms with Crippen LogP contribution >= 0.6 is 0 Å². The van der Waals surface area contributed by atoms with Crippen molar-refractivity contribution in [2.45, 2.75) is 27.2 Å². The Kier molecular flexibility index (Phi) is 6.97. The van der Waals surface area contributed by atoms with Crippen LogP contribution in [-0.4, -0.2) is 66.2 Å². The minimum atomic E-state index is -0.281. The Morgan fingerprint density at radius 3 is 2.40 bits per heavy atom.